The van der Waals surface area contributed by atoms with Crippen LogP contribution in [0.3, 0.4) is 0 Å². The van der Waals surface area contributed by atoms with Crippen LogP contribution in [0.4, 0.5) is 5.69 Å². The van der Waals surface area contributed by atoms with E-state index in [0.29, 0.717) is 6.04 Å². The molecule has 0 aromatic heterocycles. The van der Waals surface area contributed by atoms with Crippen molar-refractivity contribution in [3.05, 3.63) is 29.8 Å². The summed E-state index contributed by atoms with van der Waals surface area (Å²) in [6.07, 6.45) is 2.35. The van der Waals surface area contributed by atoms with Gasteiger partial charge in [0.2, 0.25) is 0 Å². The van der Waals surface area contributed by atoms with Crippen molar-refractivity contribution in [1.82, 2.24) is 15.5 Å². The Morgan fingerprint density at radius 1 is 1.18 bits per heavy atom. The topological polar surface area (TPSA) is 52.1 Å². The maximum Gasteiger partial charge on any atom is 0.191 e. The molecule has 0 saturated carbocycles. The van der Waals surface area contributed by atoms with E-state index in [1.807, 2.05) is 7.05 Å². The Morgan fingerprint density at radius 2 is 1.86 bits per heavy atom. The van der Waals surface area contributed by atoms with Crippen molar-refractivity contribution in [3.8, 4) is 0 Å². The van der Waals surface area contributed by atoms with Gasteiger partial charge in [-0.25, -0.2) is 0 Å². The molecule has 1 aliphatic rings. The summed E-state index contributed by atoms with van der Waals surface area (Å²) in [6.45, 7) is 14.5. The van der Waals surface area contributed by atoms with Crippen LogP contribution in [-0.2, 0) is 11.3 Å². The molecule has 1 unspecified atom stereocenters. The molecule has 0 radical (unpaired) electrons. The Balaban J connectivity index is 1.72. The van der Waals surface area contributed by atoms with Gasteiger partial charge in [0.15, 0.2) is 5.96 Å². The Morgan fingerprint density at radius 3 is 2.46 bits per heavy atom. The van der Waals surface area contributed by atoms with Gasteiger partial charge in [0.1, 0.15) is 0 Å². The lowest BCUT2D eigenvalue weighted by Crippen LogP contribution is -2.42. The average Bonchev–Trinajstić information content (AvgIpc) is 2.75. The van der Waals surface area contributed by atoms with Gasteiger partial charge in [0, 0.05) is 38.4 Å². The minimum Gasteiger partial charge on any atom is -0.378 e. The fourth-order valence-electron chi connectivity index (χ4n) is 3.49. The standard InChI is InChI=1S/C22H39N5O/c1-5-26(6-2)13-7-8-19(3)25-22(23-4)24-18-20-9-11-21(12-10-20)27-14-16-28-17-15-27/h9-12,19H,5-8,13-18H2,1-4H3,(H2,23,24,25). The number of hydrogen-bond donors (Lipinski definition) is 2. The van der Waals surface area contributed by atoms with E-state index in [2.05, 4.69) is 70.5 Å². The number of nitrogens with zero attached hydrogens (tertiary/aromatic N) is 3. The lowest BCUT2D eigenvalue weighted by atomic mass is 10.1. The molecule has 1 saturated heterocycles. The van der Waals surface area contributed by atoms with Crippen molar-refractivity contribution < 1.29 is 4.74 Å². The lowest BCUT2D eigenvalue weighted by molar-refractivity contribution is 0.122. The Labute approximate surface area is 171 Å². The van der Waals surface area contributed by atoms with E-state index in [0.717, 1.165) is 58.3 Å². The molecule has 1 atom stereocenters. The number of anilines is 1. The summed E-state index contributed by atoms with van der Waals surface area (Å²) in [5, 5.41) is 6.94. The average molecular weight is 390 g/mol. The number of aliphatic imine (C=N–C) groups is 1. The molecular weight excluding hydrogens is 350 g/mol. The maximum atomic E-state index is 5.43. The van der Waals surface area contributed by atoms with Gasteiger partial charge >= 0.3 is 0 Å². The molecule has 1 fully saturated rings. The minimum atomic E-state index is 0.408. The fourth-order valence-corrected chi connectivity index (χ4v) is 3.49. The van der Waals surface area contributed by atoms with E-state index >= 15 is 0 Å². The van der Waals surface area contributed by atoms with Crippen LogP contribution in [0.2, 0.25) is 0 Å². The van der Waals surface area contributed by atoms with Crippen molar-refractivity contribution >= 4 is 11.6 Å². The van der Waals surface area contributed by atoms with Gasteiger partial charge in [0.05, 0.1) is 13.2 Å². The van der Waals surface area contributed by atoms with Crippen molar-refractivity contribution in [2.24, 2.45) is 4.99 Å². The summed E-state index contributed by atoms with van der Waals surface area (Å²) >= 11 is 0. The van der Waals surface area contributed by atoms with Crippen LogP contribution in [-0.4, -0.2) is 69.9 Å². The van der Waals surface area contributed by atoms with Crippen LogP contribution >= 0.6 is 0 Å². The van der Waals surface area contributed by atoms with E-state index in [-0.39, 0.29) is 0 Å². The highest BCUT2D eigenvalue weighted by atomic mass is 16.5. The summed E-state index contributed by atoms with van der Waals surface area (Å²) < 4.78 is 5.43. The Hall–Kier alpha value is -1.79. The zero-order valence-corrected chi connectivity index (χ0v) is 18.2. The summed E-state index contributed by atoms with van der Waals surface area (Å²) in [5.41, 5.74) is 2.53. The van der Waals surface area contributed by atoms with Gasteiger partial charge in [-0.2, -0.15) is 0 Å². The predicted octanol–water partition coefficient (Wildman–Crippen LogP) is 2.70. The second kappa shape index (κ2) is 12.6. The predicted molar refractivity (Wildman–Crippen MR) is 119 cm³/mol. The third-order valence-corrected chi connectivity index (χ3v) is 5.39. The second-order valence-corrected chi connectivity index (χ2v) is 7.41. The molecule has 0 bridgehead atoms. The first kappa shape index (κ1) is 22.5. The first-order valence-electron chi connectivity index (χ1n) is 10.8. The van der Waals surface area contributed by atoms with E-state index in [9.17, 15) is 0 Å². The third-order valence-electron chi connectivity index (χ3n) is 5.39. The van der Waals surface area contributed by atoms with Crippen molar-refractivity contribution in [3.63, 3.8) is 0 Å². The number of rotatable bonds is 10. The smallest absolute Gasteiger partial charge is 0.191 e. The Kier molecular flexibility index (Phi) is 10.1. The van der Waals surface area contributed by atoms with E-state index < -0.39 is 0 Å². The van der Waals surface area contributed by atoms with Crippen molar-refractivity contribution in [2.45, 2.75) is 46.2 Å². The molecule has 158 valence electrons. The highest BCUT2D eigenvalue weighted by Gasteiger charge is 2.11. The van der Waals surface area contributed by atoms with Gasteiger partial charge in [-0.1, -0.05) is 26.0 Å². The summed E-state index contributed by atoms with van der Waals surface area (Å²) in [5.74, 6) is 0.868. The molecule has 6 nitrogen and oxygen atoms in total. The molecule has 0 amide bonds. The van der Waals surface area contributed by atoms with E-state index in [1.165, 1.54) is 24.2 Å². The van der Waals surface area contributed by atoms with E-state index in [1.54, 1.807) is 0 Å². The number of morpholine rings is 1. The molecule has 1 aromatic carbocycles. The molecular formula is C22H39N5O. The largest absolute Gasteiger partial charge is 0.378 e. The van der Waals surface area contributed by atoms with Gasteiger partial charge in [-0.3, -0.25) is 4.99 Å². The quantitative estimate of drug-likeness (QED) is 0.476. The van der Waals surface area contributed by atoms with Crippen molar-refractivity contribution in [2.75, 3.05) is 57.9 Å². The lowest BCUT2D eigenvalue weighted by Gasteiger charge is -2.29. The minimum absolute atomic E-state index is 0.408. The van der Waals surface area contributed by atoms with Crippen LogP contribution in [0.5, 0.6) is 0 Å². The number of ether oxygens (including phenoxy) is 1. The zero-order valence-electron chi connectivity index (χ0n) is 18.2. The van der Waals surface area contributed by atoms with Crippen LogP contribution in [0.25, 0.3) is 0 Å². The summed E-state index contributed by atoms with van der Waals surface area (Å²) in [7, 11) is 1.83. The Bertz CT molecular complexity index is 565. The zero-order chi connectivity index (χ0) is 20.2. The van der Waals surface area contributed by atoms with Gasteiger partial charge in [0.25, 0.3) is 0 Å². The molecule has 1 aromatic rings. The summed E-state index contributed by atoms with van der Waals surface area (Å²) in [4.78, 5) is 9.22. The number of hydrogen-bond acceptors (Lipinski definition) is 4. The first-order chi connectivity index (χ1) is 13.7. The fraction of sp³-hybridized carbons (Fsp3) is 0.682. The molecule has 28 heavy (non-hydrogen) atoms. The molecule has 6 heteroatoms. The molecule has 2 N–H and O–H groups in total. The van der Waals surface area contributed by atoms with E-state index in [4.69, 9.17) is 4.74 Å². The maximum absolute atomic E-state index is 5.43. The number of guanidine groups is 1. The third kappa shape index (κ3) is 7.68. The molecule has 0 aliphatic carbocycles. The van der Waals surface area contributed by atoms with Gasteiger partial charge in [-0.15, -0.1) is 0 Å². The van der Waals surface area contributed by atoms with Crippen LogP contribution in [0, 0.1) is 0 Å². The van der Waals surface area contributed by atoms with Crippen LogP contribution in [0.1, 0.15) is 39.2 Å². The first-order valence-corrected chi connectivity index (χ1v) is 10.8. The number of nitrogens with one attached hydrogen (secondary N) is 2. The monoisotopic (exact) mass is 389 g/mol. The highest BCUT2D eigenvalue weighted by molar-refractivity contribution is 5.79. The second-order valence-electron chi connectivity index (χ2n) is 7.41. The van der Waals surface area contributed by atoms with Crippen LogP contribution in [0.15, 0.2) is 29.3 Å². The molecule has 2 rings (SSSR count). The highest BCUT2D eigenvalue weighted by Crippen LogP contribution is 2.16. The molecule has 0 spiro atoms. The summed E-state index contributed by atoms with van der Waals surface area (Å²) in [6, 6.07) is 9.20. The van der Waals surface area contributed by atoms with Gasteiger partial charge < -0.3 is 25.2 Å². The normalized spacial score (nSPS) is 16.3. The molecule has 1 heterocycles. The molecule has 1 aliphatic heterocycles. The number of benzene rings is 1. The SMILES string of the molecule is CCN(CC)CCCC(C)NC(=NC)NCc1ccc(N2CCOCC2)cc1. The van der Waals surface area contributed by atoms with Crippen LogP contribution < -0.4 is 15.5 Å². The van der Waals surface area contributed by atoms with Gasteiger partial charge in [-0.05, 0) is 57.1 Å². The van der Waals surface area contributed by atoms with Crippen molar-refractivity contribution in [1.29, 1.82) is 0 Å².